The SMILES string of the molecule is CC[C@H]1CC2(CCC1C)OCCO2. The molecular weight excluding hydrogens is 164 g/mol. The molecule has 0 aromatic rings. The van der Waals surface area contributed by atoms with Crippen LogP contribution in [0.25, 0.3) is 0 Å². The molecule has 0 aromatic carbocycles. The third-order valence-corrected chi connectivity index (χ3v) is 3.70. The van der Waals surface area contributed by atoms with Gasteiger partial charge in [-0.15, -0.1) is 0 Å². The van der Waals surface area contributed by atoms with Gasteiger partial charge in [0.2, 0.25) is 0 Å². The van der Waals surface area contributed by atoms with Gasteiger partial charge in [-0.2, -0.15) is 0 Å². The molecule has 2 nitrogen and oxygen atoms in total. The van der Waals surface area contributed by atoms with E-state index >= 15 is 0 Å². The largest absolute Gasteiger partial charge is 0.348 e. The maximum atomic E-state index is 5.74. The maximum Gasteiger partial charge on any atom is 0.168 e. The fourth-order valence-electron chi connectivity index (χ4n) is 2.69. The van der Waals surface area contributed by atoms with Crippen LogP contribution in [0.3, 0.4) is 0 Å². The van der Waals surface area contributed by atoms with Gasteiger partial charge in [-0.3, -0.25) is 0 Å². The molecule has 1 heterocycles. The Morgan fingerprint density at radius 3 is 2.62 bits per heavy atom. The first-order valence-corrected chi connectivity index (χ1v) is 5.54. The monoisotopic (exact) mass is 184 g/mol. The van der Waals surface area contributed by atoms with Crippen LogP contribution in [0.1, 0.15) is 39.5 Å². The summed E-state index contributed by atoms with van der Waals surface area (Å²) in [5.41, 5.74) is 0. The lowest BCUT2D eigenvalue weighted by atomic mass is 9.76. The van der Waals surface area contributed by atoms with Crippen molar-refractivity contribution in [1.29, 1.82) is 0 Å². The summed E-state index contributed by atoms with van der Waals surface area (Å²) in [6.45, 7) is 6.22. The highest BCUT2D eigenvalue weighted by Crippen LogP contribution is 2.42. The topological polar surface area (TPSA) is 18.5 Å². The summed E-state index contributed by atoms with van der Waals surface area (Å²) in [5, 5.41) is 0. The molecule has 2 fully saturated rings. The van der Waals surface area contributed by atoms with Crippen molar-refractivity contribution in [3.8, 4) is 0 Å². The molecule has 1 aliphatic carbocycles. The highest BCUT2D eigenvalue weighted by Gasteiger charge is 2.43. The van der Waals surface area contributed by atoms with Crippen LogP contribution in [0.2, 0.25) is 0 Å². The first-order valence-electron chi connectivity index (χ1n) is 5.54. The lowest BCUT2D eigenvalue weighted by molar-refractivity contribution is -0.194. The highest BCUT2D eigenvalue weighted by molar-refractivity contribution is 4.85. The van der Waals surface area contributed by atoms with E-state index in [0.29, 0.717) is 0 Å². The summed E-state index contributed by atoms with van der Waals surface area (Å²) in [6.07, 6.45) is 4.74. The van der Waals surface area contributed by atoms with E-state index in [0.717, 1.165) is 37.9 Å². The second-order valence-electron chi connectivity index (χ2n) is 4.50. The van der Waals surface area contributed by atoms with E-state index in [1.54, 1.807) is 0 Å². The third-order valence-electron chi connectivity index (χ3n) is 3.70. The van der Waals surface area contributed by atoms with E-state index in [1.165, 1.54) is 12.8 Å². The summed E-state index contributed by atoms with van der Waals surface area (Å²) in [7, 11) is 0. The Morgan fingerprint density at radius 2 is 2.00 bits per heavy atom. The number of hydrogen-bond donors (Lipinski definition) is 0. The first-order chi connectivity index (χ1) is 6.26. The lowest BCUT2D eigenvalue weighted by Gasteiger charge is -2.39. The zero-order valence-corrected chi connectivity index (χ0v) is 8.71. The second kappa shape index (κ2) is 3.58. The molecule has 13 heavy (non-hydrogen) atoms. The number of ether oxygens (including phenoxy) is 2. The molecular formula is C11H20O2. The molecule has 2 rings (SSSR count). The van der Waals surface area contributed by atoms with Gasteiger partial charge in [0.15, 0.2) is 5.79 Å². The van der Waals surface area contributed by atoms with Gasteiger partial charge in [0.05, 0.1) is 13.2 Å². The molecule has 1 spiro atoms. The molecule has 0 amide bonds. The van der Waals surface area contributed by atoms with Crippen molar-refractivity contribution in [1.82, 2.24) is 0 Å². The van der Waals surface area contributed by atoms with Crippen molar-refractivity contribution in [2.45, 2.75) is 45.3 Å². The van der Waals surface area contributed by atoms with Crippen molar-refractivity contribution in [2.75, 3.05) is 13.2 Å². The van der Waals surface area contributed by atoms with Crippen molar-refractivity contribution >= 4 is 0 Å². The summed E-state index contributed by atoms with van der Waals surface area (Å²) in [4.78, 5) is 0. The number of hydrogen-bond acceptors (Lipinski definition) is 2. The molecule has 1 unspecified atom stereocenters. The van der Waals surface area contributed by atoms with E-state index in [9.17, 15) is 0 Å². The smallest absolute Gasteiger partial charge is 0.168 e. The molecule has 0 bridgehead atoms. The van der Waals surface area contributed by atoms with Gasteiger partial charge in [-0.05, 0) is 18.3 Å². The molecule has 76 valence electrons. The fraction of sp³-hybridized carbons (Fsp3) is 1.00. The van der Waals surface area contributed by atoms with E-state index in [2.05, 4.69) is 13.8 Å². The average molecular weight is 184 g/mol. The van der Waals surface area contributed by atoms with Crippen LogP contribution in [0.15, 0.2) is 0 Å². The summed E-state index contributed by atoms with van der Waals surface area (Å²) in [5.74, 6) is 1.47. The van der Waals surface area contributed by atoms with E-state index < -0.39 is 0 Å². The Morgan fingerprint density at radius 1 is 1.31 bits per heavy atom. The molecule has 0 radical (unpaired) electrons. The Bertz CT molecular complexity index is 173. The normalized spacial score (nSPS) is 38.3. The van der Waals surface area contributed by atoms with Gasteiger partial charge in [0.1, 0.15) is 0 Å². The fourth-order valence-corrected chi connectivity index (χ4v) is 2.69. The van der Waals surface area contributed by atoms with Gasteiger partial charge in [-0.25, -0.2) is 0 Å². The Hall–Kier alpha value is -0.0800. The zero-order valence-electron chi connectivity index (χ0n) is 8.71. The minimum atomic E-state index is -0.173. The minimum Gasteiger partial charge on any atom is -0.348 e. The minimum absolute atomic E-state index is 0.173. The molecule has 0 aromatic heterocycles. The van der Waals surface area contributed by atoms with Crippen LogP contribution < -0.4 is 0 Å². The van der Waals surface area contributed by atoms with Gasteiger partial charge in [0, 0.05) is 12.8 Å². The molecule has 2 atom stereocenters. The summed E-state index contributed by atoms with van der Waals surface area (Å²) >= 11 is 0. The van der Waals surface area contributed by atoms with Crippen LogP contribution in [0, 0.1) is 11.8 Å². The molecule has 2 aliphatic rings. The predicted octanol–water partition coefficient (Wildman–Crippen LogP) is 2.58. The van der Waals surface area contributed by atoms with Crippen molar-refractivity contribution in [3.63, 3.8) is 0 Å². The summed E-state index contributed by atoms with van der Waals surface area (Å²) in [6, 6.07) is 0. The Balaban J connectivity index is 2.01. The Kier molecular flexibility index (Phi) is 2.61. The molecule has 0 N–H and O–H groups in total. The third kappa shape index (κ3) is 1.75. The van der Waals surface area contributed by atoms with Crippen molar-refractivity contribution in [2.24, 2.45) is 11.8 Å². The highest BCUT2D eigenvalue weighted by atomic mass is 16.7. The first kappa shape index (κ1) is 9.47. The average Bonchev–Trinajstić information content (AvgIpc) is 2.59. The van der Waals surface area contributed by atoms with Crippen LogP contribution in [0.4, 0.5) is 0 Å². The standard InChI is InChI=1S/C11H20O2/c1-3-10-8-11(5-4-9(10)2)12-6-7-13-11/h9-10H,3-8H2,1-2H3/t9?,10-/m0/s1. The maximum absolute atomic E-state index is 5.74. The van der Waals surface area contributed by atoms with E-state index in [4.69, 9.17) is 9.47 Å². The van der Waals surface area contributed by atoms with Crippen LogP contribution >= 0.6 is 0 Å². The van der Waals surface area contributed by atoms with E-state index in [-0.39, 0.29) is 5.79 Å². The van der Waals surface area contributed by atoms with Gasteiger partial charge in [-0.1, -0.05) is 20.3 Å². The van der Waals surface area contributed by atoms with Crippen molar-refractivity contribution in [3.05, 3.63) is 0 Å². The van der Waals surface area contributed by atoms with Crippen LogP contribution in [0.5, 0.6) is 0 Å². The quantitative estimate of drug-likeness (QED) is 0.623. The van der Waals surface area contributed by atoms with Gasteiger partial charge in [0.25, 0.3) is 0 Å². The summed E-state index contributed by atoms with van der Waals surface area (Å²) < 4.78 is 11.5. The second-order valence-corrected chi connectivity index (χ2v) is 4.50. The molecule has 1 saturated carbocycles. The van der Waals surface area contributed by atoms with Gasteiger partial charge < -0.3 is 9.47 Å². The van der Waals surface area contributed by atoms with E-state index in [1.807, 2.05) is 0 Å². The number of rotatable bonds is 1. The predicted molar refractivity (Wildman–Crippen MR) is 51.4 cm³/mol. The Labute approximate surface area is 80.6 Å². The zero-order chi connectivity index (χ0) is 9.31. The molecule has 1 aliphatic heterocycles. The molecule has 2 heteroatoms. The van der Waals surface area contributed by atoms with Gasteiger partial charge >= 0.3 is 0 Å². The van der Waals surface area contributed by atoms with Crippen molar-refractivity contribution < 1.29 is 9.47 Å². The van der Waals surface area contributed by atoms with Crippen LogP contribution in [-0.2, 0) is 9.47 Å². The van der Waals surface area contributed by atoms with Crippen LogP contribution in [-0.4, -0.2) is 19.0 Å². The lowest BCUT2D eigenvalue weighted by Crippen LogP contribution is -2.39. The molecule has 1 saturated heterocycles.